The number of carbonyl (C=O) groups is 1. The SMILES string of the molecule is CCCCC(C(=O)Nc1ccc(OC)c(OC)c1)N(CC)CC. The molecule has 23 heavy (non-hydrogen) atoms. The number of likely N-dealkylation sites (N-methyl/N-ethyl adjacent to an activating group) is 1. The van der Waals surface area contributed by atoms with Gasteiger partial charge in [0.1, 0.15) is 0 Å². The van der Waals surface area contributed by atoms with Crippen LogP contribution in [0.4, 0.5) is 5.69 Å². The van der Waals surface area contributed by atoms with Gasteiger partial charge in [0.2, 0.25) is 5.91 Å². The van der Waals surface area contributed by atoms with Gasteiger partial charge >= 0.3 is 0 Å². The van der Waals surface area contributed by atoms with Crippen LogP contribution in [0, 0.1) is 0 Å². The minimum Gasteiger partial charge on any atom is -0.493 e. The highest BCUT2D eigenvalue weighted by molar-refractivity contribution is 5.95. The molecule has 1 unspecified atom stereocenters. The van der Waals surface area contributed by atoms with Crippen molar-refractivity contribution >= 4 is 11.6 Å². The fourth-order valence-corrected chi connectivity index (χ4v) is 2.68. The molecule has 1 N–H and O–H groups in total. The molecule has 0 saturated heterocycles. The molecular weight excluding hydrogens is 292 g/mol. The molecule has 0 heterocycles. The lowest BCUT2D eigenvalue weighted by Gasteiger charge is -2.28. The van der Waals surface area contributed by atoms with Crippen molar-refractivity contribution in [3.63, 3.8) is 0 Å². The number of carbonyl (C=O) groups excluding carboxylic acids is 1. The number of ether oxygens (including phenoxy) is 2. The van der Waals surface area contributed by atoms with Gasteiger partial charge in [-0.2, -0.15) is 0 Å². The Kier molecular flexibility index (Phi) is 8.48. The van der Waals surface area contributed by atoms with Gasteiger partial charge in [0, 0.05) is 11.8 Å². The third-order valence-corrected chi connectivity index (χ3v) is 4.04. The average molecular weight is 322 g/mol. The highest BCUT2D eigenvalue weighted by atomic mass is 16.5. The smallest absolute Gasteiger partial charge is 0.241 e. The Hall–Kier alpha value is -1.75. The number of rotatable bonds is 10. The van der Waals surface area contributed by atoms with E-state index in [0.717, 1.165) is 38.0 Å². The van der Waals surface area contributed by atoms with E-state index in [-0.39, 0.29) is 11.9 Å². The molecule has 130 valence electrons. The number of hydrogen-bond acceptors (Lipinski definition) is 4. The Morgan fingerprint density at radius 3 is 2.30 bits per heavy atom. The number of hydrogen-bond donors (Lipinski definition) is 1. The number of nitrogens with zero attached hydrogens (tertiary/aromatic N) is 1. The third kappa shape index (κ3) is 5.43. The van der Waals surface area contributed by atoms with E-state index in [2.05, 4.69) is 31.0 Å². The van der Waals surface area contributed by atoms with E-state index < -0.39 is 0 Å². The van der Waals surface area contributed by atoms with Crippen molar-refractivity contribution in [1.82, 2.24) is 4.90 Å². The molecule has 1 atom stereocenters. The van der Waals surface area contributed by atoms with E-state index in [1.807, 2.05) is 6.07 Å². The lowest BCUT2D eigenvalue weighted by atomic mass is 10.1. The van der Waals surface area contributed by atoms with Gasteiger partial charge in [-0.25, -0.2) is 0 Å². The largest absolute Gasteiger partial charge is 0.493 e. The van der Waals surface area contributed by atoms with Crippen LogP contribution in [0.15, 0.2) is 18.2 Å². The van der Waals surface area contributed by atoms with Crippen molar-refractivity contribution in [2.75, 3.05) is 32.6 Å². The Balaban J connectivity index is 2.88. The third-order valence-electron chi connectivity index (χ3n) is 4.04. The van der Waals surface area contributed by atoms with E-state index in [9.17, 15) is 4.79 Å². The number of nitrogens with one attached hydrogen (secondary N) is 1. The second-order valence-corrected chi connectivity index (χ2v) is 5.44. The van der Waals surface area contributed by atoms with E-state index >= 15 is 0 Å². The van der Waals surface area contributed by atoms with E-state index in [1.165, 1.54) is 0 Å². The first-order chi connectivity index (χ1) is 11.1. The molecule has 0 bridgehead atoms. The lowest BCUT2D eigenvalue weighted by molar-refractivity contribution is -0.121. The van der Waals surface area contributed by atoms with Gasteiger partial charge in [0.05, 0.1) is 20.3 Å². The number of anilines is 1. The fraction of sp³-hybridized carbons (Fsp3) is 0.611. The zero-order chi connectivity index (χ0) is 17.2. The van der Waals surface area contributed by atoms with Gasteiger partial charge in [0.15, 0.2) is 11.5 Å². The van der Waals surface area contributed by atoms with Crippen LogP contribution in [0.25, 0.3) is 0 Å². The van der Waals surface area contributed by atoms with E-state index in [4.69, 9.17) is 9.47 Å². The summed E-state index contributed by atoms with van der Waals surface area (Å²) in [6.07, 6.45) is 3.00. The number of methoxy groups -OCH3 is 2. The Bertz CT molecular complexity index is 487. The van der Waals surface area contributed by atoms with Crippen LogP contribution in [0.3, 0.4) is 0 Å². The lowest BCUT2D eigenvalue weighted by Crippen LogP contribution is -2.44. The van der Waals surface area contributed by atoms with Crippen LogP contribution in [-0.2, 0) is 4.79 Å². The van der Waals surface area contributed by atoms with Crippen LogP contribution in [0.2, 0.25) is 0 Å². The molecule has 0 aliphatic carbocycles. The monoisotopic (exact) mass is 322 g/mol. The Morgan fingerprint density at radius 2 is 1.78 bits per heavy atom. The second-order valence-electron chi connectivity index (χ2n) is 5.44. The van der Waals surface area contributed by atoms with Crippen LogP contribution >= 0.6 is 0 Å². The summed E-state index contributed by atoms with van der Waals surface area (Å²) in [5.74, 6) is 1.30. The first-order valence-corrected chi connectivity index (χ1v) is 8.38. The summed E-state index contributed by atoms with van der Waals surface area (Å²) in [6.45, 7) is 8.05. The van der Waals surface area contributed by atoms with Gasteiger partial charge in [-0.15, -0.1) is 0 Å². The van der Waals surface area contributed by atoms with Crippen molar-refractivity contribution in [3.8, 4) is 11.5 Å². The average Bonchev–Trinajstić information content (AvgIpc) is 2.58. The molecule has 0 spiro atoms. The summed E-state index contributed by atoms with van der Waals surface area (Å²) in [5, 5.41) is 3.01. The fourth-order valence-electron chi connectivity index (χ4n) is 2.68. The molecule has 0 aliphatic rings. The van der Waals surface area contributed by atoms with Crippen LogP contribution in [0.1, 0.15) is 40.0 Å². The summed E-state index contributed by atoms with van der Waals surface area (Å²) in [7, 11) is 3.18. The number of amides is 1. The molecule has 0 radical (unpaired) electrons. The van der Waals surface area contributed by atoms with Gasteiger partial charge < -0.3 is 14.8 Å². The van der Waals surface area contributed by atoms with Crippen molar-refractivity contribution in [3.05, 3.63) is 18.2 Å². The zero-order valence-electron chi connectivity index (χ0n) is 15.0. The van der Waals surface area contributed by atoms with Crippen molar-refractivity contribution < 1.29 is 14.3 Å². The first-order valence-electron chi connectivity index (χ1n) is 8.38. The normalized spacial score (nSPS) is 12.1. The van der Waals surface area contributed by atoms with Crippen LogP contribution in [0.5, 0.6) is 11.5 Å². The molecule has 1 aromatic carbocycles. The Morgan fingerprint density at radius 1 is 1.13 bits per heavy atom. The van der Waals surface area contributed by atoms with Crippen molar-refractivity contribution in [2.24, 2.45) is 0 Å². The summed E-state index contributed by atoms with van der Waals surface area (Å²) in [5.41, 5.74) is 0.723. The van der Waals surface area contributed by atoms with Gasteiger partial charge in [-0.3, -0.25) is 9.69 Å². The van der Waals surface area contributed by atoms with Gasteiger partial charge in [-0.1, -0.05) is 33.6 Å². The molecule has 1 amide bonds. The van der Waals surface area contributed by atoms with Crippen molar-refractivity contribution in [1.29, 1.82) is 0 Å². The zero-order valence-corrected chi connectivity index (χ0v) is 15.0. The predicted octanol–water partition coefficient (Wildman–Crippen LogP) is 3.54. The van der Waals surface area contributed by atoms with Crippen LogP contribution in [-0.4, -0.2) is 44.2 Å². The van der Waals surface area contributed by atoms with Crippen LogP contribution < -0.4 is 14.8 Å². The minimum absolute atomic E-state index is 0.0365. The Labute approximate surface area is 140 Å². The molecule has 0 fully saturated rings. The van der Waals surface area contributed by atoms with E-state index in [1.54, 1.807) is 26.4 Å². The molecule has 1 rings (SSSR count). The first kappa shape index (κ1) is 19.3. The predicted molar refractivity (Wildman–Crippen MR) is 94.4 cm³/mol. The summed E-state index contributed by atoms with van der Waals surface area (Å²) in [6, 6.07) is 5.32. The van der Waals surface area contributed by atoms with E-state index in [0.29, 0.717) is 11.5 Å². The quantitative estimate of drug-likeness (QED) is 0.716. The molecule has 0 aliphatic heterocycles. The molecule has 0 aromatic heterocycles. The van der Waals surface area contributed by atoms with Gasteiger partial charge in [-0.05, 0) is 31.6 Å². The minimum atomic E-state index is -0.0990. The standard InChI is InChI=1S/C18H30N2O3/c1-6-9-10-15(20(7-2)8-3)18(21)19-14-11-12-16(22-4)17(13-14)23-5/h11-13,15H,6-10H2,1-5H3,(H,19,21). The maximum Gasteiger partial charge on any atom is 0.241 e. The molecule has 1 aromatic rings. The van der Waals surface area contributed by atoms with Gasteiger partial charge in [0.25, 0.3) is 0 Å². The molecule has 5 heteroatoms. The van der Waals surface area contributed by atoms with Crippen molar-refractivity contribution in [2.45, 2.75) is 46.1 Å². The highest BCUT2D eigenvalue weighted by Gasteiger charge is 2.23. The highest BCUT2D eigenvalue weighted by Crippen LogP contribution is 2.30. The maximum atomic E-state index is 12.7. The summed E-state index contributed by atoms with van der Waals surface area (Å²) in [4.78, 5) is 14.9. The summed E-state index contributed by atoms with van der Waals surface area (Å²) < 4.78 is 10.5. The molecular formula is C18H30N2O3. The molecule has 5 nitrogen and oxygen atoms in total. The molecule has 0 saturated carbocycles. The summed E-state index contributed by atoms with van der Waals surface area (Å²) >= 11 is 0. The number of benzene rings is 1. The number of unbranched alkanes of at least 4 members (excludes halogenated alkanes) is 1. The topological polar surface area (TPSA) is 50.8 Å². The second kappa shape index (κ2) is 10.1. The maximum absolute atomic E-state index is 12.7.